The predicted molar refractivity (Wildman–Crippen MR) is 56.5 cm³/mol. The number of para-hydroxylation sites is 1. The first-order valence-corrected chi connectivity index (χ1v) is 4.72. The first kappa shape index (κ1) is 10.6. The van der Waals surface area contributed by atoms with E-state index >= 15 is 0 Å². The van der Waals surface area contributed by atoms with Gasteiger partial charge in [-0.1, -0.05) is 25.1 Å². The Bertz CT molecular complexity index is 323. The highest BCUT2D eigenvalue weighted by Gasteiger charge is 2.11. The molecule has 0 saturated carbocycles. The molecule has 0 aliphatic rings. The molecule has 1 aromatic carbocycles. The van der Waals surface area contributed by atoms with Gasteiger partial charge in [0.2, 0.25) is 0 Å². The molecule has 1 rings (SSSR count). The first-order chi connectivity index (χ1) is 6.65. The number of carboxylic acid groups (broad SMARTS) is 1. The highest BCUT2D eigenvalue weighted by Crippen LogP contribution is 2.16. The summed E-state index contributed by atoms with van der Waals surface area (Å²) in [5.74, 6) is -0.837. The summed E-state index contributed by atoms with van der Waals surface area (Å²) in [6.45, 7) is 3.68. The minimum atomic E-state index is -0.837. The fraction of sp³-hybridized carbons (Fsp3) is 0.364. The molecule has 3 nitrogen and oxygen atoms in total. The van der Waals surface area contributed by atoms with Crippen LogP contribution in [-0.4, -0.2) is 17.1 Å². The zero-order valence-electron chi connectivity index (χ0n) is 8.45. The maximum Gasteiger partial charge on any atom is 0.325 e. The Kier molecular flexibility index (Phi) is 3.51. The van der Waals surface area contributed by atoms with Crippen LogP contribution in [0, 0.1) is 0 Å². The molecule has 0 aromatic heterocycles. The molecule has 0 bridgehead atoms. The summed E-state index contributed by atoms with van der Waals surface area (Å²) in [7, 11) is 0. The minimum absolute atomic E-state index is 0.553. The van der Waals surface area contributed by atoms with Gasteiger partial charge in [-0.15, -0.1) is 0 Å². The number of carbonyl (C=O) groups is 1. The number of aryl methyl sites for hydroxylation is 1. The van der Waals surface area contributed by atoms with E-state index in [2.05, 4.69) is 5.32 Å². The van der Waals surface area contributed by atoms with E-state index < -0.39 is 12.0 Å². The SMILES string of the molecule is CCc1ccccc1N[C@@H](C)C(=O)O. The normalized spacial score (nSPS) is 12.1. The van der Waals surface area contributed by atoms with Crippen LogP contribution in [0.3, 0.4) is 0 Å². The quantitative estimate of drug-likeness (QED) is 0.770. The number of aliphatic carboxylic acids is 1. The third-order valence-electron chi connectivity index (χ3n) is 2.14. The van der Waals surface area contributed by atoms with Crippen molar-refractivity contribution in [3.63, 3.8) is 0 Å². The molecule has 0 spiro atoms. The molecule has 0 saturated heterocycles. The van der Waals surface area contributed by atoms with E-state index in [0.29, 0.717) is 0 Å². The minimum Gasteiger partial charge on any atom is -0.480 e. The van der Waals surface area contributed by atoms with Gasteiger partial charge in [-0.05, 0) is 25.0 Å². The lowest BCUT2D eigenvalue weighted by Gasteiger charge is -2.13. The van der Waals surface area contributed by atoms with Gasteiger partial charge in [-0.2, -0.15) is 0 Å². The molecule has 0 amide bonds. The topological polar surface area (TPSA) is 49.3 Å². The van der Waals surface area contributed by atoms with Gasteiger partial charge in [0, 0.05) is 5.69 Å². The van der Waals surface area contributed by atoms with E-state index in [-0.39, 0.29) is 0 Å². The summed E-state index contributed by atoms with van der Waals surface area (Å²) in [6, 6.07) is 7.20. The van der Waals surface area contributed by atoms with Crippen LogP contribution in [0.15, 0.2) is 24.3 Å². The third-order valence-corrected chi connectivity index (χ3v) is 2.14. The van der Waals surface area contributed by atoms with Crippen molar-refractivity contribution >= 4 is 11.7 Å². The Morgan fingerprint density at radius 3 is 2.71 bits per heavy atom. The van der Waals surface area contributed by atoms with E-state index in [1.54, 1.807) is 6.92 Å². The molecule has 0 fully saturated rings. The second kappa shape index (κ2) is 4.65. The summed E-state index contributed by atoms with van der Waals surface area (Å²) in [5.41, 5.74) is 2.05. The third kappa shape index (κ3) is 2.49. The van der Waals surface area contributed by atoms with Crippen LogP contribution < -0.4 is 5.32 Å². The van der Waals surface area contributed by atoms with Crippen LogP contribution in [0.5, 0.6) is 0 Å². The van der Waals surface area contributed by atoms with Crippen LogP contribution in [0.25, 0.3) is 0 Å². The second-order valence-electron chi connectivity index (χ2n) is 3.21. The van der Waals surface area contributed by atoms with Gasteiger partial charge in [-0.3, -0.25) is 4.79 Å². The van der Waals surface area contributed by atoms with Crippen molar-refractivity contribution in [1.82, 2.24) is 0 Å². The maximum absolute atomic E-state index is 10.6. The molecule has 0 aliphatic carbocycles. The molecule has 76 valence electrons. The highest BCUT2D eigenvalue weighted by atomic mass is 16.4. The fourth-order valence-electron chi connectivity index (χ4n) is 1.26. The fourth-order valence-corrected chi connectivity index (χ4v) is 1.26. The van der Waals surface area contributed by atoms with Crippen molar-refractivity contribution in [2.45, 2.75) is 26.3 Å². The molecule has 0 radical (unpaired) electrons. The molecule has 0 aliphatic heterocycles. The smallest absolute Gasteiger partial charge is 0.325 e. The zero-order valence-corrected chi connectivity index (χ0v) is 8.45. The lowest BCUT2D eigenvalue weighted by atomic mass is 10.1. The summed E-state index contributed by atoms with van der Waals surface area (Å²) in [6.07, 6.45) is 0.898. The molecular formula is C11H15NO2. The highest BCUT2D eigenvalue weighted by molar-refractivity contribution is 5.77. The molecule has 14 heavy (non-hydrogen) atoms. The number of hydrogen-bond acceptors (Lipinski definition) is 2. The number of hydrogen-bond donors (Lipinski definition) is 2. The van der Waals surface area contributed by atoms with Gasteiger partial charge < -0.3 is 10.4 Å². The number of anilines is 1. The van der Waals surface area contributed by atoms with E-state index in [1.807, 2.05) is 31.2 Å². The van der Waals surface area contributed by atoms with Crippen molar-refractivity contribution in [3.05, 3.63) is 29.8 Å². The van der Waals surface area contributed by atoms with E-state index in [0.717, 1.165) is 17.7 Å². The number of carboxylic acids is 1. The van der Waals surface area contributed by atoms with E-state index in [9.17, 15) is 4.79 Å². The van der Waals surface area contributed by atoms with Gasteiger partial charge in [0.15, 0.2) is 0 Å². The van der Waals surface area contributed by atoms with Crippen LogP contribution in [-0.2, 0) is 11.2 Å². The van der Waals surface area contributed by atoms with Gasteiger partial charge >= 0.3 is 5.97 Å². The average molecular weight is 193 g/mol. The second-order valence-corrected chi connectivity index (χ2v) is 3.21. The van der Waals surface area contributed by atoms with Gasteiger partial charge in [0.05, 0.1) is 0 Å². The Labute approximate surface area is 83.8 Å². The summed E-state index contributed by atoms with van der Waals surface area (Å²) in [4.78, 5) is 10.6. The van der Waals surface area contributed by atoms with Crippen LogP contribution in [0.4, 0.5) is 5.69 Å². The standard InChI is InChI=1S/C11H15NO2/c1-3-9-6-4-5-7-10(9)12-8(2)11(13)14/h4-8,12H,3H2,1-2H3,(H,13,14)/t8-/m0/s1. The summed E-state index contributed by atoms with van der Waals surface area (Å²) in [5, 5.41) is 11.7. The molecule has 2 N–H and O–H groups in total. The van der Waals surface area contributed by atoms with Gasteiger partial charge in [-0.25, -0.2) is 0 Å². The molecule has 1 atom stereocenters. The zero-order chi connectivity index (χ0) is 10.6. The van der Waals surface area contributed by atoms with Crippen LogP contribution in [0.2, 0.25) is 0 Å². The maximum atomic E-state index is 10.6. The van der Waals surface area contributed by atoms with E-state index in [1.165, 1.54) is 0 Å². The van der Waals surface area contributed by atoms with Gasteiger partial charge in [0.25, 0.3) is 0 Å². The Balaban J connectivity index is 2.80. The van der Waals surface area contributed by atoms with Crippen molar-refractivity contribution in [3.8, 4) is 0 Å². The number of rotatable bonds is 4. The summed E-state index contributed by atoms with van der Waals surface area (Å²) >= 11 is 0. The van der Waals surface area contributed by atoms with Crippen LogP contribution in [0.1, 0.15) is 19.4 Å². The molecule has 0 heterocycles. The monoisotopic (exact) mass is 193 g/mol. The molecule has 3 heteroatoms. The molecule has 0 unspecified atom stereocenters. The van der Waals surface area contributed by atoms with E-state index in [4.69, 9.17) is 5.11 Å². The van der Waals surface area contributed by atoms with Crippen molar-refractivity contribution in [2.75, 3.05) is 5.32 Å². The lowest BCUT2D eigenvalue weighted by Crippen LogP contribution is -2.25. The lowest BCUT2D eigenvalue weighted by molar-refractivity contribution is -0.137. The largest absolute Gasteiger partial charge is 0.480 e. The predicted octanol–water partition coefficient (Wildman–Crippen LogP) is 2.13. The van der Waals surface area contributed by atoms with Crippen molar-refractivity contribution in [2.24, 2.45) is 0 Å². The average Bonchev–Trinajstić information content (AvgIpc) is 2.18. The Morgan fingerprint density at radius 2 is 2.14 bits per heavy atom. The Hall–Kier alpha value is -1.51. The number of nitrogens with one attached hydrogen (secondary N) is 1. The first-order valence-electron chi connectivity index (χ1n) is 4.72. The van der Waals surface area contributed by atoms with Crippen LogP contribution >= 0.6 is 0 Å². The van der Waals surface area contributed by atoms with Crippen molar-refractivity contribution < 1.29 is 9.90 Å². The van der Waals surface area contributed by atoms with Crippen molar-refractivity contribution in [1.29, 1.82) is 0 Å². The molecule has 1 aromatic rings. The molecular weight excluding hydrogens is 178 g/mol. The Morgan fingerprint density at radius 1 is 1.50 bits per heavy atom. The number of benzene rings is 1. The summed E-state index contributed by atoms with van der Waals surface area (Å²) < 4.78 is 0. The van der Waals surface area contributed by atoms with Gasteiger partial charge in [0.1, 0.15) is 6.04 Å².